The molecular weight excluding hydrogens is 552 g/mol. The highest BCUT2D eigenvalue weighted by atomic mass is 35.5. The summed E-state index contributed by atoms with van der Waals surface area (Å²) in [6, 6.07) is 0.928. The van der Waals surface area contributed by atoms with Crippen LogP contribution in [0.25, 0.3) is 16.7 Å². The van der Waals surface area contributed by atoms with E-state index in [1.807, 2.05) is 20.8 Å². The second kappa shape index (κ2) is 9.12. The molecule has 1 N–H and O–H groups in total. The van der Waals surface area contributed by atoms with Crippen molar-refractivity contribution in [3.8, 4) is 5.69 Å². The third-order valence-electron chi connectivity index (χ3n) is 4.78. The minimum absolute atomic E-state index is 0.00150. The van der Waals surface area contributed by atoms with Crippen LogP contribution in [-0.2, 0) is 18.5 Å². The Morgan fingerprint density at radius 1 is 0.833 bits per heavy atom. The molecule has 0 fully saturated rings. The summed E-state index contributed by atoms with van der Waals surface area (Å²) in [7, 11) is 0. The van der Waals surface area contributed by atoms with Gasteiger partial charge < -0.3 is 5.32 Å². The molecule has 0 radical (unpaired) electrons. The van der Waals surface area contributed by atoms with Gasteiger partial charge in [0.1, 0.15) is 11.5 Å². The minimum atomic E-state index is -5.37. The average molecular weight is 568 g/mol. The molecule has 0 amide bonds. The van der Waals surface area contributed by atoms with Crippen LogP contribution in [0.3, 0.4) is 0 Å². The SMILES string of the molecule is CC(C)(C)CCNc1c2c(C(F)(F)F)nc(C(F)(F)F)nc2nn1-c1c(Cl)cc(C(F)(F)F)cc1Cl. The van der Waals surface area contributed by atoms with Crippen LogP contribution in [-0.4, -0.2) is 26.3 Å². The summed E-state index contributed by atoms with van der Waals surface area (Å²) in [6.45, 7) is 5.48. The molecule has 0 aliphatic heterocycles. The summed E-state index contributed by atoms with van der Waals surface area (Å²) < 4.78 is 121. The largest absolute Gasteiger partial charge is 0.451 e. The summed E-state index contributed by atoms with van der Waals surface area (Å²) >= 11 is 12.0. The normalized spacial score (nSPS) is 13.5. The molecule has 3 rings (SSSR count). The topological polar surface area (TPSA) is 55.6 Å². The number of fused-ring (bicyclic) bond motifs is 1. The van der Waals surface area contributed by atoms with Crippen LogP contribution in [0, 0.1) is 5.41 Å². The lowest BCUT2D eigenvalue weighted by Gasteiger charge is -2.20. The van der Waals surface area contributed by atoms with E-state index in [1.165, 1.54) is 0 Å². The molecular formula is C20H16Cl2F9N5. The summed E-state index contributed by atoms with van der Waals surface area (Å²) in [5.74, 6) is -2.64. The predicted molar refractivity (Wildman–Crippen MR) is 114 cm³/mol. The molecule has 0 atom stereocenters. The lowest BCUT2D eigenvalue weighted by molar-refractivity contribution is -0.151. The molecule has 0 aliphatic carbocycles. The maximum Gasteiger partial charge on any atom is 0.451 e. The second-order valence-corrected chi connectivity index (χ2v) is 9.69. The zero-order valence-electron chi connectivity index (χ0n) is 18.5. The van der Waals surface area contributed by atoms with E-state index in [1.54, 1.807) is 0 Å². The van der Waals surface area contributed by atoms with Gasteiger partial charge in [-0.25, -0.2) is 14.6 Å². The van der Waals surface area contributed by atoms with E-state index in [4.69, 9.17) is 23.2 Å². The third kappa shape index (κ3) is 5.90. The highest BCUT2D eigenvalue weighted by molar-refractivity contribution is 6.38. The van der Waals surface area contributed by atoms with Crippen LogP contribution in [0.1, 0.15) is 44.3 Å². The second-order valence-electron chi connectivity index (χ2n) is 8.87. The Morgan fingerprint density at radius 3 is 1.83 bits per heavy atom. The molecule has 3 aromatic rings. The fourth-order valence-electron chi connectivity index (χ4n) is 3.13. The first kappa shape index (κ1) is 28.1. The van der Waals surface area contributed by atoms with Crippen LogP contribution >= 0.6 is 23.2 Å². The monoisotopic (exact) mass is 567 g/mol. The van der Waals surface area contributed by atoms with Gasteiger partial charge in [-0.2, -0.15) is 39.5 Å². The van der Waals surface area contributed by atoms with Crippen molar-refractivity contribution >= 4 is 40.1 Å². The Morgan fingerprint density at radius 2 is 1.39 bits per heavy atom. The zero-order valence-corrected chi connectivity index (χ0v) is 20.0. The van der Waals surface area contributed by atoms with Gasteiger partial charge in [0.05, 0.1) is 21.0 Å². The molecule has 0 saturated carbocycles. The summed E-state index contributed by atoms with van der Waals surface area (Å²) in [4.78, 5) is 5.82. The van der Waals surface area contributed by atoms with Crippen LogP contribution < -0.4 is 5.32 Å². The van der Waals surface area contributed by atoms with E-state index in [2.05, 4.69) is 20.4 Å². The van der Waals surface area contributed by atoms with Gasteiger partial charge in [0.2, 0.25) is 5.82 Å². The molecule has 198 valence electrons. The molecule has 1 aromatic carbocycles. The molecule has 0 bridgehead atoms. The number of anilines is 1. The number of halogens is 11. The van der Waals surface area contributed by atoms with Crippen molar-refractivity contribution in [3.05, 3.63) is 39.3 Å². The zero-order chi connectivity index (χ0) is 27.4. The number of hydrogen-bond acceptors (Lipinski definition) is 4. The summed E-state index contributed by atoms with van der Waals surface area (Å²) in [5, 5.41) is 4.10. The predicted octanol–water partition coefficient (Wildman–Crippen LogP) is 8.03. The number of benzene rings is 1. The first-order valence-corrected chi connectivity index (χ1v) is 10.7. The van der Waals surface area contributed by atoms with E-state index in [-0.39, 0.29) is 12.0 Å². The highest BCUT2D eigenvalue weighted by Gasteiger charge is 2.43. The van der Waals surface area contributed by atoms with Crippen molar-refractivity contribution in [2.45, 2.75) is 45.7 Å². The third-order valence-corrected chi connectivity index (χ3v) is 5.36. The Bertz CT molecular complexity index is 1270. The number of alkyl halides is 9. The Labute approximate surface area is 207 Å². The van der Waals surface area contributed by atoms with E-state index in [0.717, 1.165) is 0 Å². The number of nitrogens with one attached hydrogen (secondary N) is 1. The van der Waals surface area contributed by atoms with Crippen LogP contribution in [0.15, 0.2) is 12.1 Å². The van der Waals surface area contributed by atoms with Crippen molar-refractivity contribution in [1.82, 2.24) is 19.7 Å². The number of hydrogen-bond donors (Lipinski definition) is 1. The maximum atomic E-state index is 13.8. The lowest BCUT2D eigenvalue weighted by atomic mass is 9.92. The maximum absolute atomic E-state index is 13.8. The van der Waals surface area contributed by atoms with Crippen LogP contribution in [0.4, 0.5) is 45.3 Å². The van der Waals surface area contributed by atoms with Gasteiger partial charge in [0.25, 0.3) is 0 Å². The number of nitrogens with zero attached hydrogens (tertiary/aromatic N) is 4. The Hall–Kier alpha value is -2.48. The first-order chi connectivity index (χ1) is 16.2. The van der Waals surface area contributed by atoms with Crippen LogP contribution in [0.2, 0.25) is 10.0 Å². The molecule has 36 heavy (non-hydrogen) atoms. The number of rotatable bonds is 4. The quantitative estimate of drug-likeness (QED) is 0.324. The molecule has 0 spiro atoms. The van der Waals surface area contributed by atoms with Gasteiger partial charge in [0, 0.05) is 6.54 Å². The fraction of sp³-hybridized carbons (Fsp3) is 0.450. The van der Waals surface area contributed by atoms with E-state index >= 15 is 0 Å². The van der Waals surface area contributed by atoms with Gasteiger partial charge in [-0.3, -0.25) is 0 Å². The van der Waals surface area contributed by atoms with Crippen molar-refractivity contribution in [2.75, 3.05) is 11.9 Å². The minimum Gasteiger partial charge on any atom is -0.369 e. The van der Waals surface area contributed by atoms with Gasteiger partial charge >= 0.3 is 18.5 Å². The van der Waals surface area contributed by atoms with Gasteiger partial charge in [0.15, 0.2) is 11.3 Å². The number of aromatic nitrogens is 4. The van der Waals surface area contributed by atoms with E-state index in [9.17, 15) is 39.5 Å². The molecule has 2 aromatic heterocycles. The summed E-state index contributed by atoms with van der Waals surface area (Å²) in [5.41, 5.74) is -5.03. The molecule has 0 saturated heterocycles. The van der Waals surface area contributed by atoms with Crippen molar-refractivity contribution in [1.29, 1.82) is 0 Å². The smallest absolute Gasteiger partial charge is 0.369 e. The molecule has 0 unspecified atom stereocenters. The Kier molecular flexibility index (Phi) is 7.12. The standard InChI is InChI=1S/C20H16Cl2F9N5/c1-17(2,3)4-5-32-15-11-13(19(26,27)28)33-16(20(29,30)31)34-14(11)35-36(15)12-9(21)6-8(7-10(12)22)18(23,24)25/h6-7,32H,4-5H2,1-3H3. The van der Waals surface area contributed by atoms with Crippen molar-refractivity contribution < 1.29 is 39.5 Å². The molecule has 0 aliphatic rings. The highest BCUT2D eigenvalue weighted by Crippen LogP contribution is 2.43. The van der Waals surface area contributed by atoms with E-state index in [0.29, 0.717) is 23.2 Å². The van der Waals surface area contributed by atoms with E-state index < -0.39 is 68.2 Å². The van der Waals surface area contributed by atoms with Crippen LogP contribution in [0.5, 0.6) is 0 Å². The lowest BCUT2D eigenvalue weighted by Crippen LogP contribution is -2.18. The van der Waals surface area contributed by atoms with Gasteiger partial charge in [-0.1, -0.05) is 44.0 Å². The van der Waals surface area contributed by atoms with Crippen molar-refractivity contribution in [3.63, 3.8) is 0 Å². The first-order valence-electron chi connectivity index (χ1n) is 9.96. The van der Waals surface area contributed by atoms with Gasteiger partial charge in [-0.15, -0.1) is 5.10 Å². The fourth-order valence-corrected chi connectivity index (χ4v) is 3.78. The average Bonchev–Trinajstić information content (AvgIpc) is 3.01. The molecule has 2 heterocycles. The summed E-state index contributed by atoms with van der Waals surface area (Å²) in [6.07, 6.45) is -15.2. The van der Waals surface area contributed by atoms with Gasteiger partial charge in [-0.05, 0) is 24.0 Å². The molecule has 5 nitrogen and oxygen atoms in total. The molecule has 16 heteroatoms. The van der Waals surface area contributed by atoms with Crippen molar-refractivity contribution in [2.24, 2.45) is 5.41 Å². The Balaban J connectivity index is 2.38.